The fraction of sp³-hybridized carbons (Fsp3) is 0. The van der Waals surface area contributed by atoms with Crippen LogP contribution in [0.2, 0.25) is 20.2 Å². The molecule has 0 fully saturated rings. The molecule has 0 aliphatic heterocycles. The van der Waals surface area contributed by atoms with Gasteiger partial charge in [-0.15, -0.1) is 0 Å². The number of rotatable bonds is 1. The Morgan fingerprint density at radius 1 is 0.941 bits per heavy atom. The molecule has 0 aliphatic carbocycles. The monoisotopic (exact) mass is 308 g/mol. The molecule has 17 heavy (non-hydrogen) atoms. The Hall–Kier alpha value is -0.740. The Kier molecular flexibility index (Phi) is 3.64. The molecule has 0 unspecified atom stereocenters. The highest BCUT2D eigenvalue weighted by Crippen LogP contribution is 2.25. The van der Waals surface area contributed by atoms with Gasteiger partial charge in [0.25, 0.3) is 5.56 Å². The zero-order valence-corrected chi connectivity index (χ0v) is 11.1. The molecule has 0 radical (unpaired) electrons. The maximum Gasteiger partial charge on any atom is 0.291 e. The molecule has 2 aromatic rings. The molecule has 0 N–H and O–H groups in total. The van der Waals surface area contributed by atoms with Gasteiger partial charge >= 0.3 is 0 Å². The highest BCUT2D eigenvalue weighted by molar-refractivity contribution is 6.47. The lowest BCUT2D eigenvalue weighted by atomic mass is 10.3. The van der Waals surface area contributed by atoms with Gasteiger partial charge in [-0.1, -0.05) is 46.4 Å². The Labute approximate surface area is 116 Å². The van der Waals surface area contributed by atoms with Crippen LogP contribution in [0.5, 0.6) is 0 Å². The summed E-state index contributed by atoms with van der Waals surface area (Å²) < 4.78 is 1.06. The van der Waals surface area contributed by atoms with Gasteiger partial charge in [-0.25, -0.2) is 0 Å². The molecule has 0 saturated carbocycles. The zero-order chi connectivity index (χ0) is 12.6. The molecule has 3 nitrogen and oxygen atoms in total. The van der Waals surface area contributed by atoms with Crippen LogP contribution in [0, 0.1) is 0 Å². The quantitative estimate of drug-likeness (QED) is 0.802. The van der Waals surface area contributed by atoms with E-state index in [4.69, 9.17) is 46.4 Å². The van der Waals surface area contributed by atoms with E-state index in [1.54, 1.807) is 24.3 Å². The first-order chi connectivity index (χ1) is 8.00. The summed E-state index contributed by atoms with van der Waals surface area (Å²) in [6.07, 6.45) is 0. The number of hydrogen-bond acceptors (Lipinski definition) is 2. The lowest BCUT2D eigenvalue weighted by Gasteiger charge is -2.06. The van der Waals surface area contributed by atoms with Crippen LogP contribution in [0.15, 0.2) is 29.1 Å². The summed E-state index contributed by atoms with van der Waals surface area (Å²) in [5.41, 5.74) is -0.0387. The van der Waals surface area contributed by atoms with Crippen molar-refractivity contribution in [3.8, 4) is 5.69 Å². The molecule has 88 valence electrons. The number of hydrogen-bond donors (Lipinski definition) is 0. The Bertz CT molecular complexity index is 621. The summed E-state index contributed by atoms with van der Waals surface area (Å²) >= 11 is 23.0. The normalized spacial score (nSPS) is 10.6. The van der Waals surface area contributed by atoms with E-state index in [1.807, 2.05) is 0 Å². The van der Waals surface area contributed by atoms with Crippen molar-refractivity contribution in [2.75, 3.05) is 0 Å². The Morgan fingerprint density at radius 2 is 1.53 bits per heavy atom. The lowest BCUT2D eigenvalue weighted by molar-refractivity contribution is 0.808. The second-order valence-corrected chi connectivity index (χ2v) is 4.66. The predicted molar refractivity (Wildman–Crippen MR) is 69.9 cm³/mol. The Balaban J connectivity index is 2.68. The van der Waals surface area contributed by atoms with Crippen LogP contribution in [0.1, 0.15) is 0 Å². The summed E-state index contributed by atoms with van der Waals surface area (Å²) in [5.74, 6) is 0. The summed E-state index contributed by atoms with van der Waals surface area (Å²) in [5, 5.41) is 4.14. The van der Waals surface area contributed by atoms with E-state index in [0.29, 0.717) is 10.7 Å². The molecule has 1 aromatic heterocycles. The Morgan fingerprint density at radius 3 is 2.12 bits per heavy atom. The molecule has 0 spiro atoms. The largest absolute Gasteiger partial charge is 0.291 e. The van der Waals surface area contributed by atoms with E-state index in [2.05, 4.69) is 5.10 Å². The van der Waals surface area contributed by atoms with Crippen LogP contribution in [-0.2, 0) is 0 Å². The molecular formula is C10H4Cl4N2O. The predicted octanol–water partition coefficient (Wildman–Crippen LogP) is 3.85. The van der Waals surface area contributed by atoms with Gasteiger partial charge in [0.05, 0.1) is 5.69 Å². The van der Waals surface area contributed by atoms with Crippen molar-refractivity contribution in [2.24, 2.45) is 0 Å². The molecule has 2 rings (SSSR count). The number of benzene rings is 1. The third-order valence-electron chi connectivity index (χ3n) is 2.01. The molecule has 1 heterocycles. The molecule has 1 aromatic carbocycles. The minimum Gasteiger partial charge on any atom is -0.266 e. The summed E-state index contributed by atoms with van der Waals surface area (Å²) in [4.78, 5) is 11.8. The fourth-order valence-electron chi connectivity index (χ4n) is 1.21. The van der Waals surface area contributed by atoms with Gasteiger partial charge in [-0.05, 0) is 24.3 Å². The van der Waals surface area contributed by atoms with Crippen molar-refractivity contribution in [3.05, 3.63) is 54.8 Å². The first-order valence-corrected chi connectivity index (χ1v) is 5.91. The van der Waals surface area contributed by atoms with E-state index < -0.39 is 5.56 Å². The molecule has 0 saturated heterocycles. The fourth-order valence-corrected chi connectivity index (χ4v) is 1.84. The van der Waals surface area contributed by atoms with Gasteiger partial charge in [0.1, 0.15) is 10.0 Å². The van der Waals surface area contributed by atoms with Crippen LogP contribution in [0.4, 0.5) is 0 Å². The molecule has 0 atom stereocenters. The summed E-state index contributed by atoms with van der Waals surface area (Å²) in [6, 6.07) is 6.50. The first-order valence-electron chi connectivity index (χ1n) is 4.40. The first kappa shape index (κ1) is 12.7. The lowest BCUT2D eigenvalue weighted by Crippen LogP contribution is -2.22. The second-order valence-electron chi connectivity index (χ2n) is 3.11. The summed E-state index contributed by atoms with van der Waals surface area (Å²) in [6.45, 7) is 0. The van der Waals surface area contributed by atoms with Crippen LogP contribution in [-0.4, -0.2) is 9.78 Å². The minimum atomic E-state index is -0.539. The van der Waals surface area contributed by atoms with Gasteiger partial charge < -0.3 is 0 Å². The van der Waals surface area contributed by atoms with Crippen molar-refractivity contribution in [2.45, 2.75) is 0 Å². The highest BCUT2D eigenvalue weighted by Gasteiger charge is 2.13. The highest BCUT2D eigenvalue weighted by atomic mass is 35.5. The molecular weight excluding hydrogens is 306 g/mol. The van der Waals surface area contributed by atoms with Crippen molar-refractivity contribution < 1.29 is 0 Å². The maximum absolute atomic E-state index is 11.8. The van der Waals surface area contributed by atoms with Crippen LogP contribution in [0.25, 0.3) is 5.69 Å². The smallest absolute Gasteiger partial charge is 0.266 e. The second kappa shape index (κ2) is 4.86. The third-order valence-corrected chi connectivity index (χ3v) is 3.44. The minimum absolute atomic E-state index is 0.0359. The standard InChI is InChI=1S/C10H4Cl4N2O/c11-5-1-3-6(4-2-5)16-10(17)8(13)7(12)9(14)15-16/h1-4H. The van der Waals surface area contributed by atoms with E-state index >= 15 is 0 Å². The number of halogens is 4. The van der Waals surface area contributed by atoms with E-state index in [9.17, 15) is 4.79 Å². The van der Waals surface area contributed by atoms with E-state index in [1.165, 1.54) is 0 Å². The van der Waals surface area contributed by atoms with Crippen LogP contribution in [0.3, 0.4) is 0 Å². The topological polar surface area (TPSA) is 34.9 Å². The molecule has 0 bridgehead atoms. The third kappa shape index (κ3) is 2.43. The maximum atomic E-state index is 11.8. The van der Waals surface area contributed by atoms with E-state index in [0.717, 1.165) is 4.68 Å². The number of aromatic nitrogens is 2. The average Bonchev–Trinajstić information content (AvgIpc) is 2.32. The van der Waals surface area contributed by atoms with Gasteiger partial charge in [0.15, 0.2) is 5.15 Å². The number of nitrogens with zero attached hydrogens (tertiary/aromatic N) is 2. The van der Waals surface area contributed by atoms with Gasteiger partial charge in [-0.2, -0.15) is 9.78 Å². The average molecular weight is 310 g/mol. The molecule has 0 amide bonds. The van der Waals surface area contributed by atoms with Gasteiger partial charge in [0, 0.05) is 5.02 Å². The SMILES string of the molecule is O=c1c(Cl)c(Cl)c(Cl)nn1-c1ccc(Cl)cc1. The van der Waals surface area contributed by atoms with Crippen molar-refractivity contribution in [1.82, 2.24) is 9.78 Å². The summed E-state index contributed by atoms with van der Waals surface area (Å²) in [7, 11) is 0. The van der Waals surface area contributed by atoms with Crippen molar-refractivity contribution >= 4 is 46.4 Å². The van der Waals surface area contributed by atoms with Gasteiger partial charge in [0.2, 0.25) is 0 Å². The van der Waals surface area contributed by atoms with Crippen LogP contribution < -0.4 is 5.56 Å². The van der Waals surface area contributed by atoms with Crippen molar-refractivity contribution in [3.63, 3.8) is 0 Å². The van der Waals surface area contributed by atoms with Crippen LogP contribution >= 0.6 is 46.4 Å². The van der Waals surface area contributed by atoms with Gasteiger partial charge in [-0.3, -0.25) is 4.79 Å². The molecule has 0 aliphatic rings. The van der Waals surface area contributed by atoms with E-state index in [-0.39, 0.29) is 15.2 Å². The molecule has 7 heteroatoms. The van der Waals surface area contributed by atoms with Crippen molar-refractivity contribution in [1.29, 1.82) is 0 Å². The zero-order valence-electron chi connectivity index (χ0n) is 8.12.